The second-order valence-electron chi connectivity index (χ2n) is 9.86. The molecule has 1 N–H and O–H groups in total. The van der Waals surface area contributed by atoms with Crippen molar-refractivity contribution < 1.29 is 24.2 Å². The molecular formula is C33H33N3O5. The number of aromatic nitrogens is 2. The second-order valence-corrected chi connectivity index (χ2v) is 9.86. The number of rotatable bonds is 12. The number of Topliss-reactive ketones (excluding diaryl/α,β-unsaturated/α-hetero) is 1. The Labute approximate surface area is 239 Å². The minimum Gasteiger partial charge on any atom is -0.507 e. The largest absolute Gasteiger partial charge is 0.507 e. The zero-order valence-corrected chi connectivity index (χ0v) is 23.0. The summed E-state index contributed by atoms with van der Waals surface area (Å²) in [5.74, 6) is 0.212. The third-order valence-corrected chi connectivity index (χ3v) is 6.94. The molecule has 0 bridgehead atoms. The molecule has 0 spiro atoms. The summed E-state index contributed by atoms with van der Waals surface area (Å²) in [4.78, 5) is 32.5. The lowest BCUT2D eigenvalue weighted by Crippen LogP contribution is -2.31. The molecule has 8 heteroatoms. The van der Waals surface area contributed by atoms with E-state index in [1.54, 1.807) is 30.7 Å². The van der Waals surface area contributed by atoms with E-state index >= 15 is 0 Å². The van der Waals surface area contributed by atoms with Gasteiger partial charge in [0, 0.05) is 31.0 Å². The normalized spacial score (nSPS) is 16.2. The molecule has 5 rings (SSSR count). The van der Waals surface area contributed by atoms with Crippen molar-refractivity contribution >= 4 is 17.4 Å². The third kappa shape index (κ3) is 6.49. The highest BCUT2D eigenvalue weighted by molar-refractivity contribution is 6.46. The maximum atomic E-state index is 13.5. The first-order valence-corrected chi connectivity index (χ1v) is 13.9. The zero-order valence-electron chi connectivity index (χ0n) is 23.0. The number of benzene rings is 3. The van der Waals surface area contributed by atoms with E-state index in [1.165, 1.54) is 4.90 Å². The summed E-state index contributed by atoms with van der Waals surface area (Å²) in [6.45, 7) is 3.58. The van der Waals surface area contributed by atoms with E-state index in [0.29, 0.717) is 54.5 Å². The van der Waals surface area contributed by atoms with E-state index in [9.17, 15) is 14.7 Å². The smallest absolute Gasteiger partial charge is 0.295 e. The molecule has 41 heavy (non-hydrogen) atoms. The highest BCUT2D eigenvalue weighted by atomic mass is 16.5. The van der Waals surface area contributed by atoms with E-state index in [1.807, 2.05) is 71.4 Å². The first kappa shape index (κ1) is 27.7. The number of aliphatic hydroxyl groups is 1. The molecule has 1 fully saturated rings. The Hall–Kier alpha value is -4.85. The standard InChI is InChI=1S/C33H33N3O5/c1-2-3-20-40-27-14-8-11-25(22-27)31(37)29-30(24-10-7-15-28(21-24)41-26-12-5-4-6-13-26)36(33(39)32(29)38)18-9-17-35-19-16-34-23-35/h4-8,10-16,19,21-23,30,37H,2-3,9,17-18,20H2,1H3/b31-29+. The van der Waals surface area contributed by atoms with Crippen molar-refractivity contribution in [1.29, 1.82) is 0 Å². The van der Waals surface area contributed by atoms with Crippen molar-refractivity contribution in [3.8, 4) is 17.2 Å². The summed E-state index contributed by atoms with van der Waals surface area (Å²) in [5, 5.41) is 11.5. The molecule has 3 aromatic carbocycles. The molecule has 1 atom stereocenters. The molecule has 1 aliphatic heterocycles. The van der Waals surface area contributed by atoms with Crippen LogP contribution >= 0.6 is 0 Å². The van der Waals surface area contributed by atoms with Gasteiger partial charge < -0.3 is 24.0 Å². The molecule has 0 aliphatic carbocycles. The number of unbranched alkanes of at least 4 members (excludes halogenated alkanes) is 1. The van der Waals surface area contributed by atoms with Gasteiger partial charge in [-0.25, -0.2) is 4.98 Å². The van der Waals surface area contributed by atoms with Crippen LogP contribution in [0.3, 0.4) is 0 Å². The molecule has 210 valence electrons. The maximum Gasteiger partial charge on any atom is 0.295 e. The summed E-state index contributed by atoms with van der Waals surface area (Å²) < 4.78 is 13.8. The SMILES string of the molecule is CCCCOc1cccc(/C(O)=C2\C(=O)C(=O)N(CCCn3ccnc3)C2c2cccc(Oc3ccccc3)c2)c1. The van der Waals surface area contributed by atoms with Crippen LogP contribution < -0.4 is 9.47 Å². The predicted octanol–water partition coefficient (Wildman–Crippen LogP) is 6.37. The summed E-state index contributed by atoms with van der Waals surface area (Å²) in [7, 11) is 0. The second kappa shape index (κ2) is 13.0. The fourth-order valence-electron chi connectivity index (χ4n) is 4.90. The van der Waals surface area contributed by atoms with Crippen molar-refractivity contribution in [1.82, 2.24) is 14.5 Å². The number of carbonyl (C=O) groups excluding carboxylic acids is 2. The van der Waals surface area contributed by atoms with Gasteiger partial charge in [-0.05, 0) is 54.8 Å². The number of likely N-dealkylation sites (tertiary alicyclic amines) is 1. The van der Waals surface area contributed by atoms with E-state index < -0.39 is 17.7 Å². The Kier molecular flexibility index (Phi) is 8.79. The van der Waals surface area contributed by atoms with Crippen molar-refractivity contribution in [3.05, 3.63) is 114 Å². The molecule has 1 amide bonds. The highest BCUT2D eigenvalue weighted by Crippen LogP contribution is 2.41. The topological polar surface area (TPSA) is 93.9 Å². The van der Waals surface area contributed by atoms with Crippen LogP contribution in [0.2, 0.25) is 0 Å². The minimum atomic E-state index is -0.790. The first-order chi connectivity index (χ1) is 20.0. The highest BCUT2D eigenvalue weighted by Gasteiger charge is 2.46. The van der Waals surface area contributed by atoms with Crippen LogP contribution in [0.5, 0.6) is 17.2 Å². The van der Waals surface area contributed by atoms with Crippen molar-refractivity contribution in [2.24, 2.45) is 0 Å². The van der Waals surface area contributed by atoms with Gasteiger partial charge in [-0.1, -0.05) is 55.8 Å². The van der Waals surface area contributed by atoms with Gasteiger partial charge in [-0.15, -0.1) is 0 Å². The lowest BCUT2D eigenvalue weighted by atomic mass is 9.95. The molecule has 1 unspecified atom stereocenters. The predicted molar refractivity (Wildman–Crippen MR) is 156 cm³/mol. The molecule has 1 saturated heterocycles. The van der Waals surface area contributed by atoms with Crippen molar-refractivity contribution in [2.45, 2.75) is 38.8 Å². The monoisotopic (exact) mass is 551 g/mol. The molecule has 1 aromatic heterocycles. The Morgan fingerprint density at radius 1 is 0.902 bits per heavy atom. The fraction of sp³-hybridized carbons (Fsp3) is 0.242. The molecule has 0 saturated carbocycles. The number of aliphatic hydroxyl groups excluding tert-OH is 1. The van der Waals surface area contributed by atoms with E-state index in [2.05, 4.69) is 11.9 Å². The van der Waals surface area contributed by atoms with Gasteiger partial charge in [0.2, 0.25) is 0 Å². The van der Waals surface area contributed by atoms with E-state index in [0.717, 1.165) is 12.8 Å². The zero-order chi connectivity index (χ0) is 28.6. The molecule has 1 aliphatic rings. The lowest BCUT2D eigenvalue weighted by Gasteiger charge is -2.26. The molecule has 8 nitrogen and oxygen atoms in total. The van der Waals surface area contributed by atoms with Gasteiger partial charge in [-0.3, -0.25) is 9.59 Å². The van der Waals surface area contributed by atoms with Crippen molar-refractivity contribution in [2.75, 3.05) is 13.2 Å². The number of ketones is 1. The first-order valence-electron chi connectivity index (χ1n) is 13.9. The Bertz CT molecular complexity index is 1510. The third-order valence-electron chi connectivity index (χ3n) is 6.94. The molecular weight excluding hydrogens is 518 g/mol. The van der Waals surface area contributed by atoms with Gasteiger partial charge >= 0.3 is 0 Å². The summed E-state index contributed by atoms with van der Waals surface area (Å²) in [6, 6.07) is 22.9. The number of nitrogens with zero attached hydrogens (tertiary/aromatic N) is 3. The number of carbonyl (C=O) groups is 2. The van der Waals surface area contributed by atoms with Crippen LogP contribution in [-0.2, 0) is 16.1 Å². The quantitative estimate of drug-likeness (QED) is 0.0952. The Balaban J connectivity index is 1.51. The summed E-state index contributed by atoms with van der Waals surface area (Å²) in [5.41, 5.74) is 1.12. The molecule has 2 heterocycles. The van der Waals surface area contributed by atoms with Crippen LogP contribution in [0.1, 0.15) is 43.4 Å². The average Bonchev–Trinajstić information content (AvgIpc) is 3.60. The van der Waals surface area contributed by atoms with Crippen LogP contribution in [0.25, 0.3) is 5.76 Å². The van der Waals surface area contributed by atoms with Crippen LogP contribution in [-0.4, -0.2) is 44.4 Å². The number of imidazole rings is 1. The van der Waals surface area contributed by atoms with Crippen molar-refractivity contribution in [3.63, 3.8) is 0 Å². The molecule has 4 aromatic rings. The Morgan fingerprint density at radius 2 is 1.68 bits per heavy atom. The summed E-state index contributed by atoms with van der Waals surface area (Å²) >= 11 is 0. The van der Waals surface area contributed by atoms with Gasteiger partial charge in [0.1, 0.15) is 23.0 Å². The van der Waals surface area contributed by atoms with Crippen LogP contribution in [0.15, 0.2) is 103 Å². The minimum absolute atomic E-state index is 0.0419. The van der Waals surface area contributed by atoms with Crippen LogP contribution in [0, 0.1) is 0 Å². The number of para-hydroxylation sites is 1. The van der Waals surface area contributed by atoms with E-state index in [-0.39, 0.29) is 11.3 Å². The van der Waals surface area contributed by atoms with E-state index in [4.69, 9.17) is 9.47 Å². The van der Waals surface area contributed by atoms with Gasteiger partial charge in [0.05, 0.1) is 24.5 Å². The number of ether oxygens (including phenoxy) is 2. The Morgan fingerprint density at radius 3 is 2.46 bits per heavy atom. The number of hydrogen-bond acceptors (Lipinski definition) is 6. The van der Waals surface area contributed by atoms with Crippen LogP contribution in [0.4, 0.5) is 0 Å². The fourth-order valence-corrected chi connectivity index (χ4v) is 4.90. The number of aryl methyl sites for hydroxylation is 1. The average molecular weight is 552 g/mol. The maximum absolute atomic E-state index is 13.5. The molecule has 0 radical (unpaired) electrons. The van der Waals surface area contributed by atoms with Gasteiger partial charge in [-0.2, -0.15) is 0 Å². The number of hydrogen-bond donors (Lipinski definition) is 1. The summed E-state index contributed by atoms with van der Waals surface area (Å²) in [6.07, 6.45) is 7.77. The number of amides is 1. The lowest BCUT2D eigenvalue weighted by molar-refractivity contribution is -0.139. The van der Waals surface area contributed by atoms with Gasteiger partial charge in [0.15, 0.2) is 0 Å². The van der Waals surface area contributed by atoms with Gasteiger partial charge in [0.25, 0.3) is 11.7 Å².